The van der Waals surface area contributed by atoms with Crippen LogP contribution >= 0.6 is 11.9 Å². The highest BCUT2D eigenvalue weighted by Crippen LogP contribution is 2.31. The Hall–Kier alpha value is -3.25. The predicted octanol–water partition coefficient (Wildman–Crippen LogP) is 3.35. The summed E-state index contributed by atoms with van der Waals surface area (Å²) in [5.41, 5.74) is 5.70. The third kappa shape index (κ3) is 5.14. The standard InChI is InChI=1S/C20H25N6O5S/c1-13-18(14(2)27)12-19(20(21-13)31-3)22-24-7-5-23(6-8-24)15-9-16(25(28)29)11-17(10-15)26(30)32-4/h9-12,22H,5-8H2,1-4H3/q+1. The number of nitrogens with zero attached hydrogens (tertiary/aromatic N) is 5. The van der Waals surface area contributed by atoms with Gasteiger partial charge in [-0.15, -0.1) is 0 Å². The smallest absolute Gasteiger partial charge is 0.281 e. The maximum Gasteiger partial charge on any atom is 0.281 e. The zero-order valence-corrected chi connectivity index (χ0v) is 19.1. The van der Waals surface area contributed by atoms with Crippen LogP contribution in [0.3, 0.4) is 0 Å². The van der Waals surface area contributed by atoms with E-state index < -0.39 is 4.92 Å². The number of nitro benzene ring substituents is 1. The van der Waals surface area contributed by atoms with Gasteiger partial charge in [-0.3, -0.25) is 14.9 Å². The van der Waals surface area contributed by atoms with Crippen molar-refractivity contribution in [3.8, 4) is 5.88 Å². The van der Waals surface area contributed by atoms with Crippen LogP contribution < -0.4 is 15.1 Å². The number of hydrogen-bond donors (Lipinski definition) is 1. The second kappa shape index (κ2) is 9.92. The number of nitroso groups, excluding NO2 is 1. The molecule has 2 aromatic rings. The molecular weight excluding hydrogens is 436 g/mol. The molecule has 1 N–H and O–H groups in total. The number of aryl methyl sites for hydroxylation is 1. The van der Waals surface area contributed by atoms with Gasteiger partial charge in [-0.05, 0) is 19.9 Å². The summed E-state index contributed by atoms with van der Waals surface area (Å²) in [4.78, 5) is 41.1. The first kappa shape index (κ1) is 23.4. The molecule has 0 amide bonds. The third-order valence-corrected chi connectivity index (χ3v) is 5.69. The number of non-ortho nitro benzene ring substituents is 1. The van der Waals surface area contributed by atoms with Crippen LogP contribution in [0.2, 0.25) is 0 Å². The number of hydrogen-bond acceptors (Lipinski definition) is 10. The van der Waals surface area contributed by atoms with Crippen LogP contribution in [-0.4, -0.2) is 64.4 Å². The van der Waals surface area contributed by atoms with Gasteiger partial charge in [-0.25, -0.2) is 9.99 Å². The minimum atomic E-state index is -0.498. The maximum atomic E-state index is 12.0. The van der Waals surface area contributed by atoms with Crippen LogP contribution in [0, 0.1) is 21.9 Å². The van der Waals surface area contributed by atoms with Crippen molar-refractivity contribution in [2.75, 3.05) is 49.9 Å². The Morgan fingerprint density at radius 1 is 1.16 bits per heavy atom. The summed E-state index contributed by atoms with van der Waals surface area (Å²) in [6, 6.07) is 6.14. The summed E-state index contributed by atoms with van der Waals surface area (Å²) in [6.45, 7) is 5.59. The summed E-state index contributed by atoms with van der Waals surface area (Å²) in [7, 11) is 1.52. The molecule has 1 aromatic heterocycles. The molecular formula is C20H25N6O5S+. The number of anilines is 2. The molecule has 0 radical (unpaired) electrons. The molecule has 1 aromatic carbocycles. The van der Waals surface area contributed by atoms with Crippen molar-refractivity contribution in [2.24, 2.45) is 0 Å². The molecule has 0 unspecified atom stereocenters. The van der Waals surface area contributed by atoms with Gasteiger partial charge in [0.05, 0.1) is 35.7 Å². The van der Waals surface area contributed by atoms with Crippen LogP contribution in [-0.2, 0) is 0 Å². The molecule has 1 aliphatic heterocycles. The molecule has 170 valence electrons. The summed E-state index contributed by atoms with van der Waals surface area (Å²) >= 11 is 0.939. The zero-order valence-electron chi connectivity index (χ0n) is 18.3. The number of pyridine rings is 1. The normalized spacial score (nSPS) is 14.2. The SMILES string of the molecule is COc1nc(C)c(C(C)=O)cc1NN1CCN(c2cc([N+](=O)[O-])cc([N+](=O)SC)c2)CC1. The second-order valence-corrected chi connectivity index (χ2v) is 7.92. The molecule has 0 spiro atoms. The second-order valence-electron chi connectivity index (χ2n) is 7.22. The summed E-state index contributed by atoms with van der Waals surface area (Å²) in [6.07, 6.45) is 1.61. The highest BCUT2D eigenvalue weighted by atomic mass is 32.2. The van der Waals surface area contributed by atoms with Gasteiger partial charge in [0.25, 0.3) is 11.4 Å². The molecule has 0 atom stereocenters. The van der Waals surface area contributed by atoms with E-state index in [9.17, 15) is 19.8 Å². The Bertz CT molecular complexity index is 1060. The Balaban J connectivity index is 1.75. The molecule has 12 heteroatoms. The van der Waals surface area contributed by atoms with E-state index in [1.807, 2.05) is 9.91 Å². The minimum absolute atomic E-state index is 0.0790. The Morgan fingerprint density at radius 3 is 2.38 bits per heavy atom. The van der Waals surface area contributed by atoms with Crippen molar-refractivity contribution in [3.63, 3.8) is 0 Å². The topological polar surface area (TPSA) is 121 Å². The maximum absolute atomic E-state index is 12.0. The number of ether oxygens (including phenoxy) is 1. The van der Waals surface area contributed by atoms with Crippen molar-refractivity contribution in [3.05, 3.63) is 50.5 Å². The number of hydrazine groups is 1. The number of aromatic nitrogens is 1. The van der Waals surface area contributed by atoms with Gasteiger partial charge in [0.15, 0.2) is 5.78 Å². The number of nitro groups is 1. The number of rotatable bonds is 8. The first-order valence-corrected chi connectivity index (χ1v) is 11.1. The number of piperazine rings is 1. The van der Waals surface area contributed by atoms with Gasteiger partial charge in [0.1, 0.15) is 9.85 Å². The van der Waals surface area contributed by atoms with Gasteiger partial charge in [0, 0.05) is 48.8 Å². The fraction of sp³-hybridized carbons (Fsp3) is 0.400. The Kier molecular flexibility index (Phi) is 7.26. The first-order valence-electron chi connectivity index (χ1n) is 9.87. The molecule has 1 aliphatic rings. The largest absolute Gasteiger partial charge is 0.479 e. The summed E-state index contributed by atoms with van der Waals surface area (Å²) < 4.78 is 6.00. The lowest BCUT2D eigenvalue weighted by Gasteiger charge is -2.36. The molecule has 2 heterocycles. The van der Waals surface area contributed by atoms with E-state index in [2.05, 4.69) is 10.4 Å². The average Bonchev–Trinajstić information content (AvgIpc) is 2.79. The van der Waals surface area contributed by atoms with Crippen molar-refractivity contribution in [1.29, 1.82) is 0 Å². The van der Waals surface area contributed by atoms with E-state index in [0.717, 1.165) is 11.9 Å². The van der Waals surface area contributed by atoms with E-state index in [4.69, 9.17) is 4.74 Å². The van der Waals surface area contributed by atoms with E-state index in [-0.39, 0.29) is 17.2 Å². The van der Waals surface area contributed by atoms with Crippen molar-refractivity contribution >= 4 is 40.5 Å². The number of benzene rings is 1. The highest BCUT2D eigenvalue weighted by Gasteiger charge is 2.25. The van der Waals surface area contributed by atoms with E-state index >= 15 is 0 Å². The monoisotopic (exact) mass is 461 g/mol. The molecule has 0 saturated carbocycles. The van der Waals surface area contributed by atoms with Crippen molar-refractivity contribution in [1.82, 2.24) is 9.99 Å². The average molecular weight is 462 g/mol. The molecule has 0 bridgehead atoms. The van der Waals surface area contributed by atoms with Gasteiger partial charge in [0.2, 0.25) is 17.8 Å². The number of nitrogens with one attached hydrogen (secondary N) is 1. The first-order chi connectivity index (χ1) is 15.2. The fourth-order valence-corrected chi connectivity index (χ4v) is 3.82. The Labute approximate surface area is 189 Å². The van der Waals surface area contributed by atoms with E-state index in [0.29, 0.717) is 58.9 Å². The number of carbonyl (C=O) groups is 1. The number of carbonyl (C=O) groups excluding carboxylic acids is 1. The lowest BCUT2D eigenvalue weighted by molar-refractivity contribution is -0.385. The van der Waals surface area contributed by atoms with Crippen molar-refractivity contribution in [2.45, 2.75) is 13.8 Å². The van der Waals surface area contributed by atoms with Crippen LogP contribution in [0.25, 0.3) is 0 Å². The Morgan fingerprint density at radius 2 is 1.81 bits per heavy atom. The lowest BCUT2D eigenvalue weighted by Crippen LogP contribution is -2.48. The van der Waals surface area contributed by atoms with Gasteiger partial charge < -0.3 is 15.1 Å². The molecule has 1 fully saturated rings. The molecule has 32 heavy (non-hydrogen) atoms. The number of methoxy groups -OCH3 is 1. The van der Waals surface area contributed by atoms with Gasteiger partial charge >= 0.3 is 0 Å². The summed E-state index contributed by atoms with van der Waals surface area (Å²) in [5, 5.41) is 13.3. The highest BCUT2D eigenvalue weighted by molar-refractivity contribution is 7.92. The molecule has 0 aliphatic carbocycles. The lowest BCUT2D eigenvalue weighted by atomic mass is 10.1. The number of Topliss-reactive ketones (excluding diaryl/α,β-unsaturated/α-hetero) is 1. The fourth-order valence-electron chi connectivity index (χ4n) is 3.50. The van der Waals surface area contributed by atoms with Gasteiger partial charge in [-0.2, -0.15) is 0 Å². The predicted molar refractivity (Wildman–Crippen MR) is 123 cm³/mol. The van der Waals surface area contributed by atoms with Crippen molar-refractivity contribution < 1.29 is 18.6 Å². The van der Waals surface area contributed by atoms with Crippen LogP contribution in [0.15, 0.2) is 24.3 Å². The van der Waals surface area contributed by atoms with Crippen LogP contribution in [0.4, 0.5) is 22.7 Å². The quantitative estimate of drug-likeness (QED) is 0.206. The van der Waals surface area contributed by atoms with Gasteiger partial charge in [-0.1, -0.05) is 0 Å². The third-order valence-electron chi connectivity index (χ3n) is 5.15. The summed E-state index contributed by atoms with van der Waals surface area (Å²) in [5.74, 6) is 0.315. The minimum Gasteiger partial charge on any atom is -0.479 e. The van der Waals surface area contributed by atoms with Crippen LogP contribution in [0.1, 0.15) is 23.0 Å². The van der Waals surface area contributed by atoms with Crippen LogP contribution in [0.5, 0.6) is 5.88 Å². The van der Waals surface area contributed by atoms with E-state index in [1.165, 1.54) is 26.2 Å². The molecule has 1 saturated heterocycles. The number of ketones is 1. The molecule has 3 rings (SSSR count). The molecule has 11 nitrogen and oxygen atoms in total. The van der Waals surface area contributed by atoms with E-state index in [1.54, 1.807) is 25.3 Å². The zero-order chi connectivity index (χ0) is 23.4.